The van der Waals surface area contributed by atoms with Gasteiger partial charge in [-0.25, -0.2) is 0 Å². The van der Waals surface area contributed by atoms with Crippen LogP contribution in [0.15, 0.2) is 24.2 Å². The number of allylic oxidation sites excluding steroid dienone is 2. The standard InChI is InChI=1S/C9H17NO/c1-5-8(2)11-9(3)6-7-10-4/h5,10H,3,6-7H2,1-2,4H3/b8-5-. The molecule has 0 amide bonds. The molecule has 0 bridgehead atoms. The molecule has 2 heteroatoms. The minimum absolute atomic E-state index is 0.815. The zero-order valence-corrected chi connectivity index (χ0v) is 7.61. The van der Waals surface area contributed by atoms with E-state index in [0.717, 1.165) is 24.5 Å². The highest BCUT2D eigenvalue weighted by atomic mass is 16.5. The predicted octanol–water partition coefficient (Wildman–Crippen LogP) is 2.05. The van der Waals surface area contributed by atoms with Gasteiger partial charge in [-0.3, -0.25) is 0 Å². The van der Waals surface area contributed by atoms with Gasteiger partial charge in [0.15, 0.2) is 0 Å². The van der Waals surface area contributed by atoms with Crippen LogP contribution in [0.2, 0.25) is 0 Å². The molecule has 0 spiro atoms. The van der Waals surface area contributed by atoms with Crippen molar-refractivity contribution < 1.29 is 4.74 Å². The lowest BCUT2D eigenvalue weighted by atomic mass is 10.4. The third-order valence-electron chi connectivity index (χ3n) is 1.37. The molecule has 1 N–H and O–H groups in total. The van der Waals surface area contributed by atoms with Crippen LogP contribution in [0.5, 0.6) is 0 Å². The molecule has 2 nitrogen and oxygen atoms in total. The lowest BCUT2D eigenvalue weighted by molar-refractivity contribution is 0.293. The van der Waals surface area contributed by atoms with Crippen LogP contribution in [0, 0.1) is 0 Å². The smallest absolute Gasteiger partial charge is 0.0976 e. The first-order chi connectivity index (χ1) is 5.20. The fourth-order valence-corrected chi connectivity index (χ4v) is 0.602. The molecule has 0 aliphatic rings. The minimum atomic E-state index is 0.815. The van der Waals surface area contributed by atoms with E-state index in [4.69, 9.17) is 4.74 Å². The molecule has 0 radical (unpaired) electrons. The lowest BCUT2D eigenvalue weighted by Crippen LogP contribution is -2.08. The van der Waals surface area contributed by atoms with E-state index in [-0.39, 0.29) is 0 Å². The van der Waals surface area contributed by atoms with Crippen molar-refractivity contribution in [1.82, 2.24) is 5.32 Å². The Morgan fingerprint density at radius 2 is 2.27 bits per heavy atom. The summed E-state index contributed by atoms with van der Waals surface area (Å²) in [6.07, 6.45) is 2.78. The Labute approximate surface area is 68.9 Å². The maximum Gasteiger partial charge on any atom is 0.0976 e. The molecule has 0 heterocycles. The second-order valence-electron chi connectivity index (χ2n) is 2.39. The van der Waals surface area contributed by atoms with Gasteiger partial charge in [0.1, 0.15) is 0 Å². The van der Waals surface area contributed by atoms with Crippen LogP contribution >= 0.6 is 0 Å². The summed E-state index contributed by atoms with van der Waals surface area (Å²) >= 11 is 0. The number of rotatable bonds is 5. The van der Waals surface area contributed by atoms with Gasteiger partial charge in [0.2, 0.25) is 0 Å². The third-order valence-corrected chi connectivity index (χ3v) is 1.37. The molecular weight excluding hydrogens is 138 g/mol. The van der Waals surface area contributed by atoms with Crippen molar-refractivity contribution in [3.63, 3.8) is 0 Å². The van der Waals surface area contributed by atoms with E-state index in [1.54, 1.807) is 0 Å². The Kier molecular flexibility index (Phi) is 5.57. The molecule has 0 saturated carbocycles. The van der Waals surface area contributed by atoms with Crippen LogP contribution in [0.25, 0.3) is 0 Å². The van der Waals surface area contributed by atoms with Crippen molar-refractivity contribution in [2.45, 2.75) is 20.3 Å². The van der Waals surface area contributed by atoms with E-state index in [2.05, 4.69) is 11.9 Å². The SMILES string of the molecule is C=C(CCNC)O/C(C)=C\C. The van der Waals surface area contributed by atoms with Crippen molar-refractivity contribution in [3.05, 3.63) is 24.2 Å². The fourth-order valence-electron chi connectivity index (χ4n) is 0.602. The summed E-state index contributed by atoms with van der Waals surface area (Å²) < 4.78 is 5.33. The van der Waals surface area contributed by atoms with Crippen molar-refractivity contribution in [2.24, 2.45) is 0 Å². The highest BCUT2D eigenvalue weighted by molar-refractivity contribution is 4.94. The normalized spacial score (nSPS) is 11.4. The van der Waals surface area contributed by atoms with Gasteiger partial charge in [-0.05, 0) is 27.0 Å². The number of nitrogens with one attached hydrogen (secondary N) is 1. The maximum atomic E-state index is 5.33. The molecule has 64 valence electrons. The Morgan fingerprint density at radius 1 is 1.64 bits per heavy atom. The predicted molar refractivity (Wildman–Crippen MR) is 48.2 cm³/mol. The molecule has 0 rings (SSSR count). The molecule has 11 heavy (non-hydrogen) atoms. The van der Waals surface area contributed by atoms with E-state index in [1.165, 1.54) is 0 Å². The zero-order chi connectivity index (χ0) is 8.69. The van der Waals surface area contributed by atoms with Crippen molar-refractivity contribution >= 4 is 0 Å². The van der Waals surface area contributed by atoms with Gasteiger partial charge in [-0.2, -0.15) is 0 Å². The maximum absolute atomic E-state index is 5.33. The van der Waals surface area contributed by atoms with E-state index >= 15 is 0 Å². The first-order valence-electron chi connectivity index (χ1n) is 3.83. The van der Waals surface area contributed by atoms with Crippen LogP contribution in [-0.4, -0.2) is 13.6 Å². The van der Waals surface area contributed by atoms with Gasteiger partial charge < -0.3 is 10.1 Å². The van der Waals surface area contributed by atoms with Crippen LogP contribution in [0.1, 0.15) is 20.3 Å². The molecule has 0 atom stereocenters. The quantitative estimate of drug-likeness (QED) is 0.613. The lowest BCUT2D eigenvalue weighted by Gasteiger charge is -2.07. The molecule has 0 aliphatic carbocycles. The highest BCUT2D eigenvalue weighted by Crippen LogP contribution is 2.05. The summed E-state index contributed by atoms with van der Waals surface area (Å²) in [5.41, 5.74) is 0. The first-order valence-corrected chi connectivity index (χ1v) is 3.83. The molecule has 0 unspecified atom stereocenters. The van der Waals surface area contributed by atoms with E-state index in [9.17, 15) is 0 Å². The van der Waals surface area contributed by atoms with Crippen LogP contribution in [-0.2, 0) is 4.74 Å². The summed E-state index contributed by atoms with van der Waals surface area (Å²) in [4.78, 5) is 0. The Bertz CT molecular complexity index is 150. The molecule has 0 aromatic carbocycles. The summed E-state index contributed by atoms with van der Waals surface area (Å²) in [6, 6.07) is 0. The Morgan fingerprint density at radius 3 is 2.73 bits per heavy atom. The average Bonchev–Trinajstić information content (AvgIpc) is 2.00. The van der Waals surface area contributed by atoms with E-state index in [0.29, 0.717) is 0 Å². The number of hydrogen-bond acceptors (Lipinski definition) is 2. The van der Waals surface area contributed by atoms with Crippen molar-refractivity contribution in [3.8, 4) is 0 Å². The van der Waals surface area contributed by atoms with Crippen molar-refractivity contribution in [1.29, 1.82) is 0 Å². The molecule has 0 fully saturated rings. The average molecular weight is 155 g/mol. The highest BCUT2D eigenvalue weighted by Gasteiger charge is 1.94. The van der Waals surface area contributed by atoms with Gasteiger partial charge in [0.05, 0.1) is 11.5 Å². The number of ether oxygens (including phenoxy) is 1. The van der Waals surface area contributed by atoms with E-state index in [1.807, 2.05) is 27.0 Å². The molecular formula is C9H17NO. The second-order valence-corrected chi connectivity index (χ2v) is 2.39. The minimum Gasteiger partial charge on any atom is -0.467 e. The molecule has 0 aromatic heterocycles. The second kappa shape index (κ2) is 5.98. The van der Waals surface area contributed by atoms with Gasteiger partial charge in [0.25, 0.3) is 0 Å². The summed E-state index contributed by atoms with van der Waals surface area (Å²) in [5, 5.41) is 3.03. The Balaban J connectivity index is 3.53. The molecule has 0 saturated heterocycles. The van der Waals surface area contributed by atoms with Gasteiger partial charge in [-0.15, -0.1) is 0 Å². The zero-order valence-electron chi connectivity index (χ0n) is 7.61. The van der Waals surface area contributed by atoms with Crippen LogP contribution < -0.4 is 5.32 Å². The monoisotopic (exact) mass is 155 g/mol. The number of hydrogen-bond donors (Lipinski definition) is 1. The van der Waals surface area contributed by atoms with Gasteiger partial charge in [-0.1, -0.05) is 6.58 Å². The van der Waals surface area contributed by atoms with Gasteiger partial charge in [0, 0.05) is 13.0 Å². The topological polar surface area (TPSA) is 21.3 Å². The largest absolute Gasteiger partial charge is 0.467 e. The van der Waals surface area contributed by atoms with Crippen LogP contribution in [0.4, 0.5) is 0 Å². The summed E-state index contributed by atoms with van der Waals surface area (Å²) in [7, 11) is 1.91. The molecule has 0 aliphatic heterocycles. The summed E-state index contributed by atoms with van der Waals surface area (Å²) in [6.45, 7) is 8.56. The van der Waals surface area contributed by atoms with Gasteiger partial charge >= 0.3 is 0 Å². The Hall–Kier alpha value is -0.760. The summed E-state index contributed by atoms with van der Waals surface area (Å²) in [5.74, 6) is 1.72. The third kappa shape index (κ3) is 5.67. The fraction of sp³-hybridized carbons (Fsp3) is 0.556. The first kappa shape index (κ1) is 10.2. The van der Waals surface area contributed by atoms with Crippen LogP contribution in [0.3, 0.4) is 0 Å². The molecule has 0 aromatic rings. The van der Waals surface area contributed by atoms with E-state index < -0.39 is 0 Å². The van der Waals surface area contributed by atoms with Crippen molar-refractivity contribution in [2.75, 3.05) is 13.6 Å².